The van der Waals surface area contributed by atoms with Crippen LogP contribution in [0.25, 0.3) is 0 Å². The first-order valence-corrected chi connectivity index (χ1v) is 44.2. The first-order chi connectivity index (χ1) is 47.6. The summed E-state index contributed by atoms with van der Waals surface area (Å²) in [5.41, 5.74) is 0. The minimum atomic E-state index is -4.96. The Morgan fingerprint density at radius 2 is 0.490 bits per heavy atom. The Bertz CT molecular complexity index is 1880. The molecule has 0 aromatic rings. The Morgan fingerprint density at radius 3 is 0.724 bits per heavy atom. The number of unbranched alkanes of at least 4 members (excludes halogenated alkanes) is 50. The van der Waals surface area contributed by atoms with Crippen molar-refractivity contribution in [3.63, 3.8) is 0 Å². The number of ether oxygens (including phenoxy) is 4. The summed E-state index contributed by atoms with van der Waals surface area (Å²) in [5.74, 6) is -1.24. The van der Waals surface area contributed by atoms with E-state index in [-0.39, 0.29) is 25.7 Å². The molecule has 0 fully saturated rings. The summed E-state index contributed by atoms with van der Waals surface area (Å²) in [6.45, 7) is 7.37. The molecular weight excluding hydrogens is 1280 g/mol. The summed E-state index contributed by atoms with van der Waals surface area (Å²) in [7, 11) is -9.91. The van der Waals surface area contributed by atoms with Crippen molar-refractivity contribution >= 4 is 39.5 Å². The van der Waals surface area contributed by atoms with Crippen molar-refractivity contribution in [1.82, 2.24) is 0 Å². The third-order valence-corrected chi connectivity index (χ3v) is 20.8. The highest BCUT2D eigenvalue weighted by Crippen LogP contribution is 2.45. The molecule has 0 saturated carbocycles. The summed E-state index contributed by atoms with van der Waals surface area (Å²) in [4.78, 5) is 72.9. The van der Waals surface area contributed by atoms with Crippen molar-refractivity contribution in [3.8, 4) is 0 Å². The predicted octanol–water partition coefficient (Wildman–Crippen LogP) is 23.6. The molecule has 19 heteroatoms. The van der Waals surface area contributed by atoms with Crippen LogP contribution in [0.15, 0.2) is 0 Å². The number of hydrogen-bond donors (Lipinski definition) is 3. The molecule has 0 aliphatic rings. The van der Waals surface area contributed by atoms with E-state index in [4.69, 9.17) is 37.0 Å². The van der Waals surface area contributed by atoms with Gasteiger partial charge in [-0.1, -0.05) is 369 Å². The second-order valence-electron chi connectivity index (χ2n) is 28.7. The molecule has 0 saturated heterocycles. The van der Waals surface area contributed by atoms with Gasteiger partial charge in [-0.2, -0.15) is 0 Å². The van der Waals surface area contributed by atoms with Gasteiger partial charge in [0.25, 0.3) is 0 Å². The molecule has 3 N–H and O–H groups in total. The largest absolute Gasteiger partial charge is 0.472 e. The number of phosphoric ester groups is 2. The summed E-state index contributed by atoms with van der Waals surface area (Å²) in [6.07, 6.45) is 62.3. The van der Waals surface area contributed by atoms with Gasteiger partial charge >= 0.3 is 39.5 Å². The van der Waals surface area contributed by atoms with Gasteiger partial charge in [0.2, 0.25) is 0 Å². The van der Waals surface area contributed by atoms with Gasteiger partial charge in [-0.3, -0.25) is 37.3 Å². The van der Waals surface area contributed by atoms with Gasteiger partial charge < -0.3 is 33.8 Å². The summed E-state index contributed by atoms with van der Waals surface area (Å²) >= 11 is 0. The lowest BCUT2D eigenvalue weighted by Crippen LogP contribution is -2.30. The predicted molar refractivity (Wildman–Crippen MR) is 400 cm³/mol. The van der Waals surface area contributed by atoms with Crippen LogP contribution in [0.4, 0.5) is 0 Å². The summed E-state index contributed by atoms with van der Waals surface area (Å²) < 4.78 is 68.6. The first kappa shape index (κ1) is 96.1. The van der Waals surface area contributed by atoms with Crippen molar-refractivity contribution in [2.24, 2.45) is 5.92 Å². The highest BCUT2D eigenvalue weighted by atomic mass is 31.2. The molecular formula is C79H154O17P2. The first-order valence-electron chi connectivity index (χ1n) is 41.2. The van der Waals surface area contributed by atoms with E-state index < -0.39 is 97.5 Å². The lowest BCUT2D eigenvalue weighted by atomic mass is 9.99. The molecule has 0 spiro atoms. The number of carbonyl (C=O) groups excluding carboxylic acids is 4. The second-order valence-corrected chi connectivity index (χ2v) is 31.6. The highest BCUT2D eigenvalue weighted by Gasteiger charge is 2.30. The monoisotopic (exact) mass is 1440 g/mol. The van der Waals surface area contributed by atoms with E-state index in [1.165, 1.54) is 244 Å². The van der Waals surface area contributed by atoms with Crippen molar-refractivity contribution < 1.29 is 80.2 Å². The lowest BCUT2D eigenvalue weighted by molar-refractivity contribution is -0.161. The lowest BCUT2D eigenvalue weighted by Gasteiger charge is -2.21. The maximum atomic E-state index is 13.1. The van der Waals surface area contributed by atoms with Gasteiger partial charge in [-0.25, -0.2) is 9.13 Å². The molecule has 0 aliphatic heterocycles. The highest BCUT2D eigenvalue weighted by molar-refractivity contribution is 7.47. The van der Waals surface area contributed by atoms with Gasteiger partial charge in [0, 0.05) is 25.7 Å². The number of carbonyl (C=O) groups is 4. The van der Waals surface area contributed by atoms with Crippen LogP contribution < -0.4 is 0 Å². The molecule has 582 valence electrons. The molecule has 17 nitrogen and oxygen atoms in total. The van der Waals surface area contributed by atoms with Crippen LogP contribution in [0, 0.1) is 5.92 Å². The quantitative estimate of drug-likeness (QED) is 0.0222. The van der Waals surface area contributed by atoms with Crippen molar-refractivity contribution in [2.75, 3.05) is 39.6 Å². The topological polar surface area (TPSA) is 237 Å². The zero-order chi connectivity index (χ0) is 71.9. The Labute approximate surface area is 600 Å². The SMILES string of the molecule is CCCCCCCCCCCCCCCCCC(=O)OC[C@H](COP(=O)(O)OC[C@@H](O)COP(=O)(O)OC[C@@H](COC(=O)CCCCCCCCCCCC)OC(=O)CCCCCCCCCCCCC)OC(=O)CCCCCCCCCCCCCCCCCCCCC(C)CC. The van der Waals surface area contributed by atoms with Crippen molar-refractivity contribution in [2.45, 2.75) is 438 Å². The molecule has 0 aromatic carbocycles. The fraction of sp³-hybridized carbons (Fsp3) is 0.949. The maximum absolute atomic E-state index is 13.1. The fourth-order valence-electron chi connectivity index (χ4n) is 12.2. The standard InChI is InChI=1S/C79H154O17P2/c1-6-10-13-16-19-22-25-26-31-35-39-43-48-53-58-63-77(82)90-69-75(96-79(84)65-60-55-50-45-40-36-33-30-28-27-29-32-34-38-41-46-51-56-61-72(5)9-4)71-94-98(87,88)92-67-73(80)66-91-97(85,86)93-70-74(68-89-76(81)62-57-52-47-42-24-21-18-15-12-8-3)95-78(83)64-59-54-49-44-37-23-20-17-14-11-7-2/h72-75,80H,6-71H2,1-5H3,(H,85,86)(H,87,88)/t72?,73-,74+,75+/m0/s1. The van der Waals surface area contributed by atoms with Gasteiger partial charge in [0.15, 0.2) is 12.2 Å². The molecule has 0 aliphatic carbocycles. The van der Waals surface area contributed by atoms with Crippen LogP contribution in [0.3, 0.4) is 0 Å². The number of aliphatic hydroxyl groups is 1. The average molecular weight is 1440 g/mol. The molecule has 6 atom stereocenters. The Hall–Kier alpha value is -1.94. The molecule has 3 unspecified atom stereocenters. The van der Waals surface area contributed by atoms with Crippen LogP contribution in [0.2, 0.25) is 0 Å². The molecule has 0 heterocycles. The number of hydrogen-bond acceptors (Lipinski definition) is 15. The summed E-state index contributed by atoms with van der Waals surface area (Å²) in [5, 5.41) is 10.6. The molecule has 0 aromatic heterocycles. The number of rotatable bonds is 79. The van der Waals surface area contributed by atoms with E-state index in [0.29, 0.717) is 25.7 Å². The zero-order valence-corrected chi connectivity index (χ0v) is 65.7. The van der Waals surface area contributed by atoms with Gasteiger partial charge in [-0.05, 0) is 31.6 Å². The van der Waals surface area contributed by atoms with E-state index in [9.17, 15) is 43.2 Å². The van der Waals surface area contributed by atoms with Gasteiger partial charge in [-0.15, -0.1) is 0 Å². The van der Waals surface area contributed by atoms with E-state index >= 15 is 0 Å². The minimum absolute atomic E-state index is 0.107. The van der Waals surface area contributed by atoms with E-state index in [2.05, 4.69) is 34.6 Å². The Morgan fingerprint density at radius 1 is 0.286 bits per heavy atom. The Balaban J connectivity index is 5.19. The van der Waals surface area contributed by atoms with E-state index in [1.807, 2.05) is 0 Å². The molecule has 0 radical (unpaired) electrons. The smallest absolute Gasteiger partial charge is 0.462 e. The fourth-order valence-corrected chi connectivity index (χ4v) is 13.8. The van der Waals surface area contributed by atoms with Crippen molar-refractivity contribution in [1.29, 1.82) is 0 Å². The van der Waals surface area contributed by atoms with Crippen LogP contribution in [0.1, 0.15) is 420 Å². The normalized spacial score (nSPS) is 14.2. The van der Waals surface area contributed by atoms with E-state index in [0.717, 1.165) is 95.8 Å². The third-order valence-electron chi connectivity index (χ3n) is 18.9. The molecule has 98 heavy (non-hydrogen) atoms. The van der Waals surface area contributed by atoms with E-state index in [1.54, 1.807) is 0 Å². The van der Waals surface area contributed by atoms with Gasteiger partial charge in [0.1, 0.15) is 19.3 Å². The number of phosphoric acid groups is 2. The van der Waals surface area contributed by atoms with Crippen LogP contribution in [0.5, 0.6) is 0 Å². The molecule has 0 bridgehead atoms. The zero-order valence-electron chi connectivity index (χ0n) is 63.9. The Kier molecular flexibility index (Phi) is 70.6. The van der Waals surface area contributed by atoms with Crippen LogP contribution in [-0.2, 0) is 65.4 Å². The summed E-state index contributed by atoms with van der Waals surface area (Å²) in [6, 6.07) is 0. The van der Waals surface area contributed by atoms with Crippen molar-refractivity contribution in [3.05, 3.63) is 0 Å². The van der Waals surface area contributed by atoms with Gasteiger partial charge in [0.05, 0.1) is 26.4 Å². The average Bonchev–Trinajstić information content (AvgIpc) is 1.80. The number of aliphatic hydroxyl groups excluding tert-OH is 1. The maximum Gasteiger partial charge on any atom is 0.472 e. The second kappa shape index (κ2) is 72.0. The minimum Gasteiger partial charge on any atom is -0.462 e. The molecule has 0 rings (SSSR count). The van der Waals surface area contributed by atoms with Crippen LogP contribution >= 0.6 is 15.6 Å². The number of esters is 4. The third kappa shape index (κ3) is 71.1. The molecule has 0 amide bonds. The van der Waals surface area contributed by atoms with Crippen LogP contribution in [-0.4, -0.2) is 96.7 Å².